The molecule has 0 bridgehead atoms. The van der Waals surface area contributed by atoms with Crippen LogP contribution in [0, 0.1) is 21.6 Å². The van der Waals surface area contributed by atoms with Gasteiger partial charge in [-0.1, -0.05) is 60.7 Å². The second-order valence-corrected chi connectivity index (χ2v) is 3.48. The molecule has 2 rings (SSSR count). The Bertz CT molecular complexity index is 529. The fourth-order valence-electron chi connectivity index (χ4n) is 1.43. The molecule has 6 nitrogen and oxygen atoms in total. The van der Waals surface area contributed by atoms with Crippen molar-refractivity contribution in [2.75, 3.05) is 0 Å². The maximum absolute atomic E-state index is 8.35. The molecule has 0 spiro atoms. The molecule has 0 heterocycles. The molecule has 4 N–H and O–H groups in total. The van der Waals surface area contributed by atoms with Crippen LogP contribution in [-0.4, -0.2) is 18.2 Å². The summed E-state index contributed by atoms with van der Waals surface area (Å²) in [7, 11) is 0. The van der Waals surface area contributed by atoms with Crippen molar-refractivity contribution in [3.63, 3.8) is 0 Å². The molecule has 0 unspecified atom stereocenters. The second-order valence-electron chi connectivity index (χ2n) is 3.48. The van der Waals surface area contributed by atoms with E-state index in [9.17, 15) is 0 Å². The van der Waals surface area contributed by atoms with E-state index < -0.39 is 0 Å². The molecule has 0 radical (unpaired) electrons. The summed E-state index contributed by atoms with van der Waals surface area (Å²) in [4.78, 5) is 16.7. The summed E-state index contributed by atoms with van der Waals surface area (Å²) in [5, 5.41) is 22.1. The van der Waals surface area contributed by atoms with E-state index in [1.807, 2.05) is 0 Å². The van der Waals surface area contributed by atoms with Crippen LogP contribution in [0.4, 0.5) is 0 Å². The van der Waals surface area contributed by atoms with E-state index in [4.69, 9.17) is 31.2 Å². The first-order valence-electron chi connectivity index (χ1n) is 5.94. The molecule has 0 atom stereocenters. The summed E-state index contributed by atoms with van der Waals surface area (Å²) in [5.74, 6) is 0. The van der Waals surface area contributed by atoms with Crippen LogP contribution < -0.4 is 0 Å². The van der Waals surface area contributed by atoms with Gasteiger partial charge in [-0.05, 0) is 17.5 Å². The molecule has 0 aliphatic carbocycles. The van der Waals surface area contributed by atoms with Gasteiger partial charge in [-0.15, -0.1) is 0 Å². The van der Waals surface area contributed by atoms with E-state index in [2.05, 4.69) is 60.7 Å². The van der Waals surface area contributed by atoms with Gasteiger partial charge in [0.2, 0.25) is 12.2 Å². The fourth-order valence-corrected chi connectivity index (χ4v) is 1.43. The van der Waals surface area contributed by atoms with Gasteiger partial charge in [-0.25, -0.2) is 31.2 Å². The molecule has 0 saturated carbocycles. The minimum absolute atomic E-state index is 0.750. The molecule has 0 amide bonds. The van der Waals surface area contributed by atoms with Crippen molar-refractivity contribution in [2.45, 2.75) is 6.42 Å². The molecule has 0 aliphatic rings. The average molecular weight is 296 g/mol. The highest BCUT2D eigenvalue weighted by Gasteiger charge is 1.92. The second kappa shape index (κ2) is 17.6. The highest BCUT2D eigenvalue weighted by atomic mass is 16.1. The molecule has 112 valence electrons. The van der Waals surface area contributed by atoms with Gasteiger partial charge in [0.15, 0.2) is 0 Å². The number of nitrogens with one attached hydrogen (secondary N) is 4. The number of hydrogen-bond acceptors (Lipinski definition) is 6. The van der Waals surface area contributed by atoms with Gasteiger partial charge in [-0.2, -0.15) is 0 Å². The first-order valence-corrected chi connectivity index (χ1v) is 5.94. The Kier molecular flexibility index (Phi) is 16.7. The van der Waals surface area contributed by atoms with Crippen LogP contribution in [0.3, 0.4) is 0 Å². The third-order valence-electron chi connectivity index (χ3n) is 2.09. The lowest BCUT2D eigenvalue weighted by Gasteiger charge is -2.00. The molecule has 2 aromatic rings. The van der Waals surface area contributed by atoms with Crippen LogP contribution in [0.5, 0.6) is 0 Å². The lowest BCUT2D eigenvalue weighted by Crippen LogP contribution is -1.85. The van der Waals surface area contributed by atoms with Crippen molar-refractivity contribution < 1.29 is 9.59 Å². The number of isocyanates is 2. The van der Waals surface area contributed by atoms with Crippen molar-refractivity contribution >= 4 is 18.2 Å². The van der Waals surface area contributed by atoms with Crippen LogP contribution in [0.15, 0.2) is 60.7 Å². The lowest BCUT2D eigenvalue weighted by atomic mass is 10.1. The topological polar surface area (TPSA) is 130 Å². The van der Waals surface area contributed by atoms with Crippen LogP contribution in [-0.2, 0) is 16.0 Å². The SMILES string of the molecule is N=C=N.N=C=O.N=C=O.c1ccc(Cc2ccccc2)cc1. The Balaban J connectivity index is 0. The van der Waals surface area contributed by atoms with Gasteiger partial charge in [0.05, 0.1) is 6.01 Å². The zero-order valence-corrected chi connectivity index (χ0v) is 11.8. The van der Waals surface area contributed by atoms with Crippen molar-refractivity contribution in [3.8, 4) is 0 Å². The van der Waals surface area contributed by atoms with Gasteiger partial charge < -0.3 is 0 Å². The molecule has 0 fully saturated rings. The normalized spacial score (nSPS) is 6.91. The standard InChI is InChI=1S/C13H12.CH2N2.2CHNO/c1-3-7-12(8-4-1)11-13-9-5-2-6-10-13;3*2-1-3/h1-10H,11H2;2-3H;2*2H. The molecule has 0 saturated heterocycles. The Morgan fingerprint density at radius 1 is 0.636 bits per heavy atom. The van der Waals surface area contributed by atoms with E-state index in [0.717, 1.165) is 18.6 Å². The highest BCUT2D eigenvalue weighted by Crippen LogP contribution is 2.07. The van der Waals surface area contributed by atoms with Gasteiger partial charge in [0.1, 0.15) is 0 Å². The fraction of sp³-hybridized carbons (Fsp3) is 0.0625. The summed E-state index contributed by atoms with van der Waals surface area (Å²) in [6.45, 7) is 0. The molecular weight excluding hydrogens is 280 g/mol. The van der Waals surface area contributed by atoms with Crippen LogP contribution in [0.1, 0.15) is 11.1 Å². The van der Waals surface area contributed by atoms with Gasteiger partial charge in [0, 0.05) is 0 Å². The maximum Gasteiger partial charge on any atom is 0.231 e. The first-order chi connectivity index (χ1) is 10.7. The summed E-state index contributed by atoms with van der Waals surface area (Å²) in [6, 6.07) is 22.3. The summed E-state index contributed by atoms with van der Waals surface area (Å²) in [6.07, 6.45) is 2.53. The smallest absolute Gasteiger partial charge is 0.231 e. The molecule has 22 heavy (non-hydrogen) atoms. The number of rotatable bonds is 2. The monoisotopic (exact) mass is 296 g/mol. The molecule has 6 heteroatoms. The van der Waals surface area contributed by atoms with Crippen molar-refractivity contribution in [1.29, 1.82) is 21.6 Å². The van der Waals surface area contributed by atoms with Gasteiger partial charge >= 0.3 is 0 Å². The van der Waals surface area contributed by atoms with Crippen molar-refractivity contribution in [3.05, 3.63) is 71.8 Å². The van der Waals surface area contributed by atoms with E-state index in [1.54, 1.807) is 0 Å². The zero-order chi connectivity index (χ0) is 17.1. The van der Waals surface area contributed by atoms with Crippen LogP contribution >= 0.6 is 0 Å². The molecular formula is C16H16N4O2. The lowest BCUT2D eigenvalue weighted by molar-refractivity contribution is 0.562. The van der Waals surface area contributed by atoms with Crippen LogP contribution in [0.2, 0.25) is 0 Å². The van der Waals surface area contributed by atoms with Crippen LogP contribution in [0.25, 0.3) is 0 Å². The number of carbonyl (C=O) groups excluding carboxylic acids is 2. The van der Waals surface area contributed by atoms with E-state index in [0.29, 0.717) is 0 Å². The van der Waals surface area contributed by atoms with Gasteiger partial charge in [0.25, 0.3) is 0 Å². The third-order valence-corrected chi connectivity index (χ3v) is 2.09. The zero-order valence-electron chi connectivity index (χ0n) is 11.8. The predicted molar refractivity (Wildman–Crippen MR) is 83.0 cm³/mol. The van der Waals surface area contributed by atoms with Crippen molar-refractivity contribution in [2.24, 2.45) is 0 Å². The van der Waals surface area contributed by atoms with E-state index in [1.165, 1.54) is 17.1 Å². The highest BCUT2D eigenvalue weighted by molar-refractivity contribution is 5.29. The number of hydrogen-bond donors (Lipinski definition) is 4. The van der Waals surface area contributed by atoms with E-state index >= 15 is 0 Å². The Labute approximate surface area is 128 Å². The van der Waals surface area contributed by atoms with Crippen molar-refractivity contribution in [1.82, 2.24) is 0 Å². The van der Waals surface area contributed by atoms with E-state index in [-0.39, 0.29) is 0 Å². The number of benzene rings is 2. The first kappa shape index (κ1) is 20.9. The third kappa shape index (κ3) is 14.6. The predicted octanol–water partition coefficient (Wildman–Crippen LogP) is 3.40. The minimum Gasteiger partial charge on any atom is -0.242 e. The molecule has 2 aromatic carbocycles. The minimum atomic E-state index is 0.750. The Morgan fingerprint density at radius 2 is 0.864 bits per heavy atom. The largest absolute Gasteiger partial charge is 0.242 e. The van der Waals surface area contributed by atoms with Gasteiger partial charge in [-0.3, -0.25) is 0 Å². The summed E-state index contributed by atoms with van der Waals surface area (Å²) < 4.78 is 0. The Hall–Kier alpha value is -3.42. The maximum atomic E-state index is 8.35. The average Bonchev–Trinajstić information content (AvgIpc) is 2.52. The quantitative estimate of drug-likeness (QED) is 0.500. The molecule has 0 aromatic heterocycles. The molecule has 0 aliphatic heterocycles. The Morgan fingerprint density at radius 3 is 1.09 bits per heavy atom. The summed E-state index contributed by atoms with van der Waals surface area (Å²) >= 11 is 0. The summed E-state index contributed by atoms with van der Waals surface area (Å²) in [5.41, 5.74) is 2.74.